The summed E-state index contributed by atoms with van der Waals surface area (Å²) >= 11 is 0. The number of rotatable bonds is 16. The van der Waals surface area contributed by atoms with Crippen molar-refractivity contribution in [2.45, 2.75) is 128 Å². The van der Waals surface area contributed by atoms with Gasteiger partial charge in [-0.25, -0.2) is 0 Å². The van der Waals surface area contributed by atoms with Gasteiger partial charge in [0.25, 0.3) is 0 Å². The molecule has 4 heteroatoms. The predicted octanol–water partition coefficient (Wildman–Crippen LogP) is 7.58. The highest BCUT2D eigenvalue weighted by Gasteiger charge is 2.40. The van der Waals surface area contributed by atoms with E-state index in [-0.39, 0.29) is 18.6 Å². The summed E-state index contributed by atoms with van der Waals surface area (Å²) in [5.74, 6) is 0. The molecule has 24 heavy (non-hydrogen) atoms. The van der Waals surface area contributed by atoms with E-state index in [0.29, 0.717) is 0 Å². The van der Waals surface area contributed by atoms with E-state index in [4.69, 9.17) is 4.74 Å². The number of ether oxygens (including phenoxy) is 1. The fourth-order valence-corrected chi connectivity index (χ4v) is 3.36. The van der Waals surface area contributed by atoms with Gasteiger partial charge in [0.1, 0.15) is 0 Å². The van der Waals surface area contributed by atoms with Crippen molar-refractivity contribution in [2.24, 2.45) is 0 Å². The first kappa shape index (κ1) is 21.8. The zero-order valence-electron chi connectivity index (χ0n) is 15.5. The Morgan fingerprint density at radius 3 is 1.50 bits per heavy atom. The normalized spacial score (nSPS) is 20.5. The first-order valence-corrected chi connectivity index (χ1v) is 10.2. The number of unbranched alkanes of at least 4 members (excludes halogenated alkanes) is 12. The van der Waals surface area contributed by atoms with Crippen molar-refractivity contribution in [1.82, 2.24) is 0 Å². The van der Waals surface area contributed by atoms with E-state index in [0.717, 1.165) is 12.8 Å². The number of hydrogen-bond acceptors (Lipinski definition) is 1. The Kier molecular flexibility index (Phi) is 11.8. The van der Waals surface area contributed by atoms with E-state index in [1.807, 2.05) is 0 Å². The second kappa shape index (κ2) is 13.0. The van der Waals surface area contributed by atoms with Crippen LogP contribution >= 0.6 is 0 Å². The maximum Gasteiger partial charge on any atom is 0.389 e. The lowest BCUT2D eigenvalue weighted by Gasteiger charge is -2.03. The second-order valence-corrected chi connectivity index (χ2v) is 7.40. The molecule has 0 aromatic heterocycles. The third-order valence-electron chi connectivity index (χ3n) is 4.99. The van der Waals surface area contributed by atoms with Crippen molar-refractivity contribution in [3.63, 3.8) is 0 Å². The van der Waals surface area contributed by atoms with Crippen LogP contribution in [-0.4, -0.2) is 18.4 Å². The molecule has 144 valence electrons. The van der Waals surface area contributed by atoms with Crippen molar-refractivity contribution >= 4 is 0 Å². The zero-order valence-corrected chi connectivity index (χ0v) is 15.5. The van der Waals surface area contributed by atoms with Crippen LogP contribution in [0.25, 0.3) is 0 Å². The van der Waals surface area contributed by atoms with Crippen molar-refractivity contribution < 1.29 is 17.9 Å². The van der Waals surface area contributed by atoms with Gasteiger partial charge in [0.2, 0.25) is 0 Å². The topological polar surface area (TPSA) is 12.5 Å². The minimum absolute atomic E-state index is 0.111. The number of halogens is 3. The Hall–Kier alpha value is -0.250. The Labute approximate surface area is 146 Å². The minimum atomic E-state index is -4.04. The van der Waals surface area contributed by atoms with Crippen LogP contribution in [0.15, 0.2) is 0 Å². The molecule has 0 saturated carbocycles. The largest absolute Gasteiger partial charge is 0.389 e. The Bertz CT molecular complexity index is 291. The van der Waals surface area contributed by atoms with Gasteiger partial charge >= 0.3 is 6.18 Å². The summed E-state index contributed by atoms with van der Waals surface area (Å²) in [5, 5.41) is 0. The summed E-state index contributed by atoms with van der Waals surface area (Å²) in [6, 6.07) is 0. The Morgan fingerprint density at radius 1 is 0.625 bits per heavy atom. The third-order valence-corrected chi connectivity index (χ3v) is 4.99. The van der Waals surface area contributed by atoms with Crippen LogP contribution in [0.2, 0.25) is 0 Å². The molecule has 1 fully saturated rings. The number of alkyl halides is 3. The fraction of sp³-hybridized carbons (Fsp3) is 1.00. The van der Waals surface area contributed by atoms with E-state index in [1.54, 1.807) is 0 Å². The first-order chi connectivity index (χ1) is 11.5. The second-order valence-electron chi connectivity index (χ2n) is 7.40. The monoisotopic (exact) mass is 350 g/mol. The van der Waals surface area contributed by atoms with Gasteiger partial charge in [0, 0.05) is 6.42 Å². The predicted molar refractivity (Wildman–Crippen MR) is 94.3 cm³/mol. The van der Waals surface area contributed by atoms with Gasteiger partial charge in [0.15, 0.2) is 0 Å². The quantitative estimate of drug-likeness (QED) is 0.206. The average molecular weight is 351 g/mol. The van der Waals surface area contributed by atoms with E-state index >= 15 is 0 Å². The lowest BCUT2D eigenvalue weighted by Crippen LogP contribution is -2.09. The SMILES string of the molecule is CCCCCCCCCCCCCCCC1OC1CCC(F)(F)F. The average Bonchev–Trinajstić information content (AvgIpc) is 3.28. The third kappa shape index (κ3) is 13.1. The van der Waals surface area contributed by atoms with Crippen LogP contribution in [0.5, 0.6) is 0 Å². The zero-order chi connectivity index (χ0) is 17.7. The van der Waals surface area contributed by atoms with Gasteiger partial charge < -0.3 is 4.74 Å². The molecule has 0 aromatic rings. The lowest BCUT2D eigenvalue weighted by atomic mass is 10.0. The molecular weight excluding hydrogens is 313 g/mol. The highest BCUT2D eigenvalue weighted by atomic mass is 19.4. The highest BCUT2D eigenvalue weighted by molar-refractivity contribution is 4.85. The summed E-state index contributed by atoms with van der Waals surface area (Å²) in [7, 11) is 0. The van der Waals surface area contributed by atoms with Crippen molar-refractivity contribution in [1.29, 1.82) is 0 Å². The van der Waals surface area contributed by atoms with Crippen LogP contribution < -0.4 is 0 Å². The Balaban J connectivity index is 1.73. The highest BCUT2D eigenvalue weighted by Crippen LogP contribution is 2.34. The van der Waals surface area contributed by atoms with Crippen LogP contribution in [0.4, 0.5) is 13.2 Å². The van der Waals surface area contributed by atoms with Crippen molar-refractivity contribution in [2.75, 3.05) is 0 Å². The van der Waals surface area contributed by atoms with Crippen molar-refractivity contribution in [3.8, 4) is 0 Å². The smallest absolute Gasteiger partial charge is 0.370 e. The molecule has 0 radical (unpaired) electrons. The molecule has 0 spiro atoms. The molecular formula is C20H37F3O. The molecule has 1 nitrogen and oxygen atoms in total. The molecule has 2 unspecified atom stereocenters. The molecule has 0 aromatic carbocycles. The summed E-state index contributed by atoms with van der Waals surface area (Å²) in [6.07, 6.45) is 13.6. The van der Waals surface area contributed by atoms with Crippen LogP contribution in [0, 0.1) is 0 Å². The van der Waals surface area contributed by atoms with Crippen LogP contribution in [0.1, 0.15) is 110 Å². The molecule has 0 bridgehead atoms. The molecule has 1 saturated heterocycles. The van der Waals surface area contributed by atoms with Gasteiger partial charge in [0.05, 0.1) is 12.2 Å². The summed E-state index contributed by atoms with van der Waals surface area (Å²) < 4.78 is 41.6. The van der Waals surface area contributed by atoms with Gasteiger partial charge in [-0.3, -0.25) is 0 Å². The standard InChI is InChI=1S/C20H37F3O/c1-2-3-4-5-6-7-8-9-10-11-12-13-14-15-18-19(24-18)16-17-20(21,22)23/h18-19H,2-17H2,1H3. The number of hydrogen-bond donors (Lipinski definition) is 0. The maximum absolute atomic E-state index is 12.1. The summed E-state index contributed by atoms with van der Waals surface area (Å²) in [6.45, 7) is 2.25. The molecule has 0 amide bonds. The van der Waals surface area contributed by atoms with Crippen molar-refractivity contribution in [3.05, 3.63) is 0 Å². The molecule has 2 atom stereocenters. The van der Waals surface area contributed by atoms with Crippen LogP contribution in [0.3, 0.4) is 0 Å². The lowest BCUT2D eigenvalue weighted by molar-refractivity contribution is -0.136. The molecule has 1 rings (SSSR count). The van der Waals surface area contributed by atoms with Gasteiger partial charge in [-0.05, 0) is 12.8 Å². The maximum atomic E-state index is 12.1. The van der Waals surface area contributed by atoms with Gasteiger partial charge in [-0.2, -0.15) is 13.2 Å². The molecule has 1 heterocycles. The minimum Gasteiger partial charge on any atom is -0.370 e. The van der Waals surface area contributed by atoms with E-state index in [9.17, 15) is 13.2 Å². The first-order valence-electron chi connectivity index (χ1n) is 10.2. The molecule has 1 aliphatic heterocycles. The molecule has 0 aliphatic carbocycles. The summed E-state index contributed by atoms with van der Waals surface area (Å²) in [4.78, 5) is 0. The Morgan fingerprint density at radius 2 is 1.04 bits per heavy atom. The fourth-order valence-electron chi connectivity index (χ4n) is 3.36. The van der Waals surface area contributed by atoms with Gasteiger partial charge in [-0.1, -0.05) is 90.4 Å². The van der Waals surface area contributed by atoms with E-state index in [2.05, 4.69) is 6.92 Å². The van der Waals surface area contributed by atoms with Gasteiger partial charge in [-0.15, -0.1) is 0 Å². The molecule has 0 N–H and O–H groups in total. The van der Waals surface area contributed by atoms with E-state index < -0.39 is 12.6 Å². The molecule has 1 aliphatic rings. The van der Waals surface area contributed by atoms with E-state index in [1.165, 1.54) is 77.0 Å². The summed E-state index contributed by atoms with van der Waals surface area (Å²) in [5.41, 5.74) is 0. The van der Waals surface area contributed by atoms with Crippen LogP contribution in [-0.2, 0) is 4.74 Å². The number of epoxide rings is 1.